The zero-order chi connectivity index (χ0) is 28.7. The lowest BCUT2D eigenvalue weighted by atomic mass is 9.96. The summed E-state index contributed by atoms with van der Waals surface area (Å²) < 4.78 is 22.9. The zero-order valence-corrected chi connectivity index (χ0v) is 23.1. The lowest BCUT2D eigenvalue weighted by Crippen LogP contribution is -2.39. The summed E-state index contributed by atoms with van der Waals surface area (Å²) in [4.78, 5) is 43.1. The van der Waals surface area contributed by atoms with Gasteiger partial charge in [-0.25, -0.2) is 19.0 Å². The first-order valence-corrected chi connectivity index (χ1v) is 13.4. The number of hydrogen-bond donors (Lipinski definition) is 1. The largest absolute Gasteiger partial charge is 0.478 e. The van der Waals surface area contributed by atoms with Crippen LogP contribution in [0.25, 0.3) is 11.8 Å². The Hall–Kier alpha value is -4.57. The molecule has 4 aromatic rings. The molecule has 8 nitrogen and oxygen atoms in total. The molecule has 0 saturated carbocycles. The van der Waals surface area contributed by atoms with E-state index in [0.29, 0.717) is 20.6 Å². The average molecular weight is 560 g/mol. The summed E-state index contributed by atoms with van der Waals surface area (Å²) in [5.74, 6) is -2.00. The second-order valence-corrected chi connectivity index (χ2v) is 10.4. The van der Waals surface area contributed by atoms with Crippen LogP contribution in [0.15, 0.2) is 75.7 Å². The molecule has 1 aliphatic heterocycles. The van der Waals surface area contributed by atoms with E-state index in [4.69, 9.17) is 4.74 Å². The molecule has 0 fully saturated rings. The number of aryl methyl sites for hydroxylation is 1. The quantitative estimate of drug-likeness (QED) is 0.359. The van der Waals surface area contributed by atoms with Crippen molar-refractivity contribution in [3.05, 3.63) is 119 Å². The molecule has 1 N–H and O–H groups in total. The van der Waals surface area contributed by atoms with Gasteiger partial charge in [0, 0.05) is 17.1 Å². The van der Waals surface area contributed by atoms with Gasteiger partial charge in [0.1, 0.15) is 5.82 Å². The molecule has 3 heterocycles. The maximum atomic E-state index is 13.8. The predicted octanol–water partition coefficient (Wildman–Crippen LogP) is 4.04. The topological polar surface area (TPSA) is 103 Å². The smallest absolute Gasteiger partial charge is 0.338 e. The van der Waals surface area contributed by atoms with Crippen LogP contribution in [0.3, 0.4) is 0 Å². The Labute approximate surface area is 232 Å². The highest BCUT2D eigenvalue weighted by atomic mass is 32.1. The van der Waals surface area contributed by atoms with E-state index in [2.05, 4.69) is 4.99 Å². The minimum Gasteiger partial charge on any atom is -0.478 e. The standard InChI is InChI=1S/C30H26FN3O5S/c1-5-39-29(38)25-17(3)32-30-34(26(25)19-6-10-22(31)11-7-19)27(35)24(40-30)15-21-14-16(2)33(18(21)4)23-12-8-20(9-13-23)28(36)37/h6-15,26H,5H2,1-4H3,(H,36,37)/b24-15-/t26-/m1/s1. The van der Waals surface area contributed by atoms with Gasteiger partial charge in [-0.2, -0.15) is 0 Å². The van der Waals surface area contributed by atoms with Crippen molar-refractivity contribution >= 4 is 29.4 Å². The number of ether oxygens (including phenoxy) is 1. The van der Waals surface area contributed by atoms with E-state index in [1.54, 1.807) is 56.3 Å². The Balaban J connectivity index is 1.66. The van der Waals surface area contributed by atoms with Crippen LogP contribution in [0.1, 0.15) is 52.8 Å². The molecule has 0 amide bonds. The Morgan fingerprint density at radius 2 is 1.77 bits per heavy atom. The zero-order valence-electron chi connectivity index (χ0n) is 22.3. The van der Waals surface area contributed by atoms with Crippen LogP contribution in [-0.4, -0.2) is 32.8 Å². The Kier molecular flexibility index (Phi) is 7.12. The number of carbonyl (C=O) groups is 2. The highest BCUT2D eigenvalue weighted by Gasteiger charge is 2.33. The molecule has 1 aliphatic rings. The third kappa shape index (κ3) is 4.71. The first-order valence-electron chi connectivity index (χ1n) is 12.6. The van der Waals surface area contributed by atoms with Crippen molar-refractivity contribution in [2.45, 2.75) is 33.7 Å². The summed E-state index contributed by atoms with van der Waals surface area (Å²) in [5, 5.41) is 9.22. The molecule has 2 aromatic heterocycles. The third-order valence-electron chi connectivity index (χ3n) is 6.83. The van der Waals surface area contributed by atoms with Crippen LogP contribution < -0.4 is 14.9 Å². The van der Waals surface area contributed by atoms with Crippen molar-refractivity contribution in [1.29, 1.82) is 0 Å². The molecule has 0 unspecified atom stereocenters. The average Bonchev–Trinajstić information content (AvgIpc) is 3.37. The number of carboxylic acids is 1. The number of halogens is 1. The minimum absolute atomic E-state index is 0.158. The van der Waals surface area contributed by atoms with Gasteiger partial charge in [-0.1, -0.05) is 23.5 Å². The second-order valence-electron chi connectivity index (χ2n) is 9.37. The molecule has 0 saturated heterocycles. The number of rotatable bonds is 6. The first-order chi connectivity index (χ1) is 19.1. The SMILES string of the molecule is CCOC(=O)C1=C(C)N=c2s/c(=C\c3cc(C)n(-c4ccc(C(=O)O)cc4)c3C)c(=O)n2[C@@H]1c1ccc(F)cc1. The number of carbonyl (C=O) groups excluding carboxylic acids is 1. The van der Waals surface area contributed by atoms with Crippen molar-refractivity contribution < 1.29 is 23.8 Å². The molecule has 204 valence electrons. The lowest BCUT2D eigenvalue weighted by molar-refractivity contribution is -0.139. The van der Waals surface area contributed by atoms with Crippen molar-refractivity contribution in [2.75, 3.05) is 6.61 Å². The molecule has 1 atom stereocenters. The molecular weight excluding hydrogens is 533 g/mol. The Bertz CT molecular complexity index is 1860. The highest BCUT2D eigenvalue weighted by molar-refractivity contribution is 7.07. The molecule has 10 heteroatoms. The summed E-state index contributed by atoms with van der Waals surface area (Å²) in [6, 6.07) is 13.4. The van der Waals surface area contributed by atoms with Crippen LogP contribution in [0.5, 0.6) is 0 Å². The number of fused-ring (bicyclic) bond motifs is 1. The third-order valence-corrected chi connectivity index (χ3v) is 7.82. The number of benzene rings is 2. The van der Waals surface area contributed by atoms with E-state index in [0.717, 1.165) is 22.6 Å². The van der Waals surface area contributed by atoms with Crippen molar-refractivity contribution in [3.63, 3.8) is 0 Å². The maximum Gasteiger partial charge on any atom is 0.338 e. The van der Waals surface area contributed by atoms with Gasteiger partial charge in [0.15, 0.2) is 4.80 Å². The molecule has 0 aliphatic carbocycles. The van der Waals surface area contributed by atoms with Crippen LogP contribution in [-0.2, 0) is 9.53 Å². The number of aromatic nitrogens is 2. The summed E-state index contributed by atoms with van der Waals surface area (Å²) in [7, 11) is 0. The fraction of sp³-hybridized carbons (Fsp3) is 0.200. The molecule has 2 aromatic carbocycles. The Morgan fingerprint density at radius 1 is 1.10 bits per heavy atom. The van der Waals surface area contributed by atoms with Crippen LogP contribution >= 0.6 is 11.3 Å². The minimum atomic E-state index is -0.996. The highest BCUT2D eigenvalue weighted by Crippen LogP contribution is 2.31. The fourth-order valence-corrected chi connectivity index (χ4v) is 6.01. The summed E-state index contributed by atoms with van der Waals surface area (Å²) in [5.41, 5.74) is 4.48. The summed E-state index contributed by atoms with van der Waals surface area (Å²) >= 11 is 1.21. The summed E-state index contributed by atoms with van der Waals surface area (Å²) in [6.07, 6.45) is 1.79. The second kappa shape index (κ2) is 10.5. The van der Waals surface area contributed by atoms with Gasteiger partial charge in [0.05, 0.1) is 34.0 Å². The fourth-order valence-electron chi connectivity index (χ4n) is 4.98. The van der Waals surface area contributed by atoms with Gasteiger partial charge in [-0.3, -0.25) is 9.36 Å². The van der Waals surface area contributed by atoms with Gasteiger partial charge in [-0.05, 0) is 87.4 Å². The van der Waals surface area contributed by atoms with Gasteiger partial charge >= 0.3 is 11.9 Å². The van der Waals surface area contributed by atoms with E-state index < -0.39 is 23.8 Å². The number of esters is 1. The predicted molar refractivity (Wildman–Crippen MR) is 149 cm³/mol. The van der Waals surface area contributed by atoms with E-state index in [1.807, 2.05) is 24.5 Å². The van der Waals surface area contributed by atoms with E-state index in [1.165, 1.54) is 28.0 Å². The van der Waals surface area contributed by atoms with Crippen LogP contribution in [0.4, 0.5) is 4.39 Å². The number of hydrogen-bond acceptors (Lipinski definition) is 6. The number of allylic oxidation sites excluding steroid dienone is 1. The van der Waals surface area contributed by atoms with Crippen molar-refractivity contribution in [2.24, 2.45) is 4.99 Å². The molecule has 0 bridgehead atoms. The van der Waals surface area contributed by atoms with E-state index in [-0.39, 0.29) is 23.3 Å². The molecular formula is C30H26FN3O5S. The Morgan fingerprint density at radius 3 is 2.40 bits per heavy atom. The van der Waals surface area contributed by atoms with Crippen molar-refractivity contribution in [3.8, 4) is 5.69 Å². The number of carboxylic acid groups (broad SMARTS) is 1. The molecule has 0 radical (unpaired) electrons. The molecule has 5 rings (SSSR count). The van der Waals surface area contributed by atoms with Gasteiger partial charge in [0.25, 0.3) is 5.56 Å². The van der Waals surface area contributed by atoms with Gasteiger partial charge < -0.3 is 14.4 Å². The normalized spacial score (nSPS) is 15.1. The monoisotopic (exact) mass is 559 g/mol. The summed E-state index contributed by atoms with van der Waals surface area (Å²) in [6.45, 7) is 7.41. The van der Waals surface area contributed by atoms with Gasteiger partial charge in [-0.15, -0.1) is 0 Å². The number of nitrogens with zero attached hydrogens (tertiary/aromatic N) is 3. The number of thiazole rings is 1. The lowest BCUT2D eigenvalue weighted by Gasteiger charge is -2.24. The van der Waals surface area contributed by atoms with E-state index in [9.17, 15) is 23.9 Å². The van der Waals surface area contributed by atoms with Gasteiger partial charge in [0.2, 0.25) is 0 Å². The van der Waals surface area contributed by atoms with Crippen molar-refractivity contribution in [1.82, 2.24) is 9.13 Å². The van der Waals surface area contributed by atoms with Crippen LogP contribution in [0.2, 0.25) is 0 Å². The maximum absolute atomic E-state index is 13.8. The van der Waals surface area contributed by atoms with Crippen LogP contribution in [0, 0.1) is 19.7 Å². The van der Waals surface area contributed by atoms with E-state index >= 15 is 0 Å². The first kappa shape index (κ1) is 27.0. The molecule has 40 heavy (non-hydrogen) atoms. The number of aromatic carboxylic acids is 1. The molecule has 0 spiro atoms.